The molecule has 0 fully saturated rings. The molecule has 4 N–H and O–H groups in total. The molecular formula is C15H17Cl2F3N6O. The zero-order valence-electron chi connectivity index (χ0n) is 14.1. The molecule has 7 nitrogen and oxygen atoms in total. The number of nitrogens with zero attached hydrogens (tertiary/aromatic N) is 4. The maximum atomic E-state index is 12.2. The van der Waals surface area contributed by atoms with Gasteiger partial charge in [-0.05, 0) is 6.07 Å². The van der Waals surface area contributed by atoms with Crippen LogP contribution in [0.2, 0.25) is 10.0 Å². The number of likely N-dealkylation sites (N-methyl/N-ethyl adjacent to an activating group) is 1. The molecule has 0 saturated heterocycles. The monoisotopic (exact) mass is 424 g/mol. The first-order valence-corrected chi connectivity index (χ1v) is 8.48. The number of aliphatic hydroxyl groups is 1. The Bertz CT molecular complexity index is 793. The van der Waals surface area contributed by atoms with Gasteiger partial charge in [-0.2, -0.15) is 18.2 Å². The topological polar surface area (TPSA) is 100 Å². The second-order valence-electron chi connectivity index (χ2n) is 5.63. The Morgan fingerprint density at radius 3 is 2.63 bits per heavy atom. The van der Waals surface area contributed by atoms with Crippen LogP contribution in [0.25, 0.3) is 11.3 Å². The number of aromatic nitrogens is 3. The van der Waals surface area contributed by atoms with Crippen LogP contribution in [0.4, 0.5) is 24.9 Å². The molecule has 1 heterocycles. The molecule has 0 spiro atoms. The highest BCUT2D eigenvalue weighted by Gasteiger charge is 2.37. The second-order valence-corrected chi connectivity index (χ2v) is 6.42. The quantitative estimate of drug-likeness (QED) is 0.586. The SMILES string of the molecule is CN(CCNC[C@H](O)C(F)(F)F)c1nnc(-c2cccc(Cl)c2Cl)c(N)n1. The zero-order chi connectivity index (χ0) is 20.2. The first kappa shape index (κ1) is 21.4. The number of nitrogens with one attached hydrogen (secondary N) is 1. The summed E-state index contributed by atoms with van der Waals surface area (Å²) < 4.78 is 36.6. The smallest absolute Gasteiger partial charge is 0.382 e. The maximum absolute atomic E-state index is 12.2. The van der Waals surface area contributed by atoms with Crippen molar-refractivity contribution in [3.63, 3.8) is 0 Å². The molecule has 0 amide bonds. The van der Waals surface area contributed by atoms with E-state index < -0.39 is 18.8 Å². The molecular weight excluding hydrogens is 408 g/mol. The number of benzene rings is 1. The van der Waals surface area contributed by atoms with Crippen LogP contribution in [0.3, 0.4) is 0 Å². The summed E-state index contributed by atoms with van der Waals surface area (Å²) in [6.07, 6.45) is -7.07. The van der Waals surface area contributed by atoms with Crippen LogP contribution in [-0.2, 0) is 0 Å². The van der Waals surface area contributed by atoms with Gasteiger partial charge in [-0.25, -0.2) is 0 Å². The van der Waals surface area contributed by atoms with Crippen molar-refractivity contribution in [3.05, 3.63) is 28.2 Å². The average molecular weight is 425 g/mol. The highest BCUT2D eigenvalue weighted by Crippen LogP contribution is 2.34. The van der Waals surface area contributed by atoms with Gasteiger partial charge < -0.3 is 21.1 Å². The molecule has 1 aromatic carbocycles. The third kappa shape index (κ3) is 5.55. The van der Waals surface area contributed by atoms with Crippen molar-refractivity contribution < 1.29 is 18.3 Å². The van der Waals surface area contributed by atoms with Gasteiger partial charge in [0.25, 0.3) is 0 Å². The molecule has 1 atom stereocenters. The molecule has 0 saturated carbocycles. The van der Waals surface area contributed by atoms with Gasteiger partial charge in [0.1, 0.15) is 5.69 Å². The number of anilines is 2. The summed E-state index contributed by atoms with van der Waals surface area (Å²) in [5, 5.41) is 20.0. The summed E-state index contributed by atoms with van der Waals surface area (Å²) in [6, 6.07) is 4.98. The highest BCUT2D eigenvalue weighted by atomic mass is 35.5. The number of aliphatic hydroxyl groups excluding tert-OH is 1. The molecule has 12 heteroatoms. The van der Waals surface area contributed by atoms with Crippen molar-refractivity contribution >= 4 is 35.0 Å². The van der Waals surface area contributed by atoms with Crippen LogP contribution in [0.1, 0.15) is 0 Å². The van der Waals surface area contributed by atoms with Gasteiger partial charge in [0.05, 0.1) is 10.0 Å². The van der Waals surface area contributed by atoms with E-state index in [9.17, 15) is 13.2 Å². The van der Waals surface area contributed by atoms with Gasteiger partial charge >= 0.3 is 6.18 Å². The first-order valence-electron chi connectivity index (χ1n) is 7.72. The van der Waals surface area contributed by atoms with E-state index in [-0.39, 0.29) is 35.6 Å². The summed E-state index contributed by atoms with van der Waals surface area (Å²) in [6.45, 7) is -0.178. The first-order chi connectivity index (χ1) is 12.6. The molecule has 0 aliphatic rings. The van der Waals surface area contributed by atoms with Gasteiger partial charge in [-0.1, -0.05) is 35.3 Å². The van der Waals surface area contributed by atoms with Crippen molar-refractivity contribution in [2.45, 2.75) is 12.3 Å². The largest absolute Gasteiger partial charge is 0.415 e. The Labute approximate surface area is 163 Å². The Balaban J connectivity index is 1.99. The number of nitrogens with two attached hydrogens (primary N) is 1. The number of alkyl halides is 3. The van der Waals surface area contributed by atoms with Crippen LogP contribution in [0.5, 0.6) is 0 Å². The fourth-order valence-corrected chi connectivity index (χ4v) is 2.46. The van der Waals surface area contributed by atoms with E-state index in [0.717, 1.165) is 0 Å². The minimum Gasteiger partial charge on any atom is -0.382 e. The fraction of sp³-hybridized carbons (Fsp3) is 0.400. The van der Waals surface area contributed by atoms with E-state index in [1.165, 1.54) is 0 Å². The lowest BCUT2D eigenvalue weighted by Crippen LogP contribution is -2.40. The van der Waals surface area contributed by atoms with Gasteiger partial charge in [0, 0.05) is 32.2 Å². The third-order valence-corrected chi connectivity index (χ3v) is 4.41. The normalized spacial score (nSPS) is 12.9. The molecule has 148 valence electrons. The minimum atomic E-state index is -4.65. The summed E-state index contributed by atoms with van der Waals surface area (Å²) in [4.78, 5) is 5.70. The summed E-state index contributed by atoms with van der Waals surface area (Å²) in [7, 11) is 1.63. The molecule has 2 aromatic rings. The average Bonchev–Trinajstić information content (AvgIpc) is 2.60. The third-order valence-electron chi connectivity index (χ3n) is 3.59. The molecule has 0 aliphatic carbocycles. The maximum Gasteiger partial charge on any atom is 0.415 e. The van der Waals surface area contributed by atoms with Crippen LogP contribution < -0.4 is 16.0 Å². The Hall–Kier alpha value is -1.88. The van der Waals surface area contributed by atoms with Crippen molar-refractivity contribution in [2.24, 2.45) is 0 Å². The number of nitrogen functional groups attached to an aromatic ring is 1. The van der Waals surface area contributed by atoms with Crippen LogP contribution in [0.15, 0.2) is 18.2 Å². The van der Waals surface area contributed by atoms with Gasteiger partial charge in [0.2, 0.25) is 5.95 Å². The minimum absolute atomic E-state index is 0.0801. The predicted molar refractivity (Wildman–Crippen MR) is 97.9 cm³/mol. The van der Waals surface area contributed by atoms with E-state index in [4.69, 9.17) is 34.0 Å². The van der Waals surface area contributed by atoms with Gasteiger partial charge in [-0.15, -0.1) is 10.2 Å². The molecule has 2 rings (SSSR count). The Kier molecular flexibility index (Phi) is 7.04. The van der Waals surface area contributed by atoms with E-state index in [2.05, 4.69) is 20.5 Å². The number of rotatable bonds is 7. The second kappa shape index (κ2) is 8.87. The van der Waals surface area contributed by atoms with E-state index >= 15 is 0 Å². The lowest BCUT2D eigenvalue weighted by Gasteiger charge is -2.19. The zero-order valence-corrected chi connectivity index (χ0v) is 15.6. The van der Waals surface area contributed by atoms with Crippen molar-refractivity contribution in [1.82, 2.24) is 20.5 Å². The van der Waals surface area contributed by atoms with E-state index in [1.807, 2.05) is 0 Å². The van der Waals surface area contributed by atoms with Gasteiger partial charge in [-0.3, -0.25) is 0 Å². The Morgan fingerprint density at radius 1 is 1.30 bits per heavy atom. The van der Waals surface area contributed by atoms with E-state index in [0.29, 0.717) is 10.6 Å². The van der Waals surface area contributed by atoms with Crippen LogP contribution in [-0.4, -0.2) is 59.3 Å². The number of hydrogen-bond acceptors (Lipinski definition) is 7. The molecule has 0 unspecified atom stereocenters. The number of hydrogen-bond donors (Lipinski definition) is 3. The Morgan fingerprint density at radius 2 is 2.00 bits per heavy atom. The summed E-state index contributed by atoms with van der Waals surface area (Å²) >= 11 is 12.1. The number of halogens is 5. The van der Waals surface area contributed by atoms with Crippen LogP contribution >= 0.6 is 23.2 Å². The standard InChI is InChI=1S/C15H17Cl2F3N6O/c1-26(6-5-22-7-10(27)15(18,19)20)14-23-13(21)12(24-25-14)8-3-2-4-9(16)11(8)17/h2-4,10,22,27H,5-7H2,1H3,(H2,21,23,25)/t10-/m0/s1. The molecule has 0 radical (unpaired) electrons. The van der Waals surface area contributed by atoms with Crippen LogP contribution in [0, 0.1) is 0 Å². The highest BCUT2D eigenvalue weighted by molar-refractivity contribution is 6.43. The lowest BCUT2D eigenvalue weighted by atomic mass is 10.1. The molecule has 0 bridgehead atoms. The summed E-state index contributed by atoms with van der Waals surface area (Å²) in [5.74, 6) is 0.268. The van der Waals surface area contributed by atoms with Crippen molar-refractivity contribution in [2.75, 3.05) is 37.3 Å². The van der Waals surface area contributed by atoms with Gasteiger partial charge in [0.15, 0.2) is 11.9 Å². The van der Waals surface area contributed by atoms with Crippen molar-refractivity contribution in [1.29, 1.82) is 0 Å². The predicted octanol–water partition coefficient (Wildman–Crippen LogP) is 2.38. The molecule has 1 aromatic heterocycles. The molecule has 0 aliphatic heterocycles. The van der Waals surface area contributed by atoms with E-state index in [1.54, 1.807) is 30.1 Å². The molecule has 27 heavy (non-hydrogen) atoms. The summed E-state index contributed by atoms with van der Waals surface area (Å²) in [5.41, 5.74) is 6.69. The fourth-order valence-electron chi connectivity index (χ4n) is 2.07. The van der Waals surface area contributed by atoms with Crippen molar-refractivity contribution in [3.8, 4) is 11.3 Å². The lowest BCUT2D eigenvalue weighted by molar-refractivity contribution is -0.201.